The molecule has 0 aromatic carbocycles. The minimum absolute atomic E-state index is 0.0104. The molecule has 0 heterocycles. The van der Waals surface area contributed by atoms with Crippen LogP contribution in [0.3, 0.4) is 0 Å². The van der Waals surface area contributed by atoms with Gasteiger partial charge in [-0.05, 0) is 36.5 Å². The molecule has 0 unspecified atom stereocenters. The molecule has 0 aromatic heterocycles. The molecule has 0 saturated heterocycles. The highest BCUT2D eigenvalue weighted by atomic mass is 16.5. The lowest BCUT2D eigenvalue weighted by atomic mass is 9.80. The van der Waals surface area contributed by atoms with Gasteiger partial charge in [0.2, 0.25) is 0 Å². The van der Waals surface area contributed by atoms with Crippen LogP contribution in [0.1, 0.15) is 40.5 Å². The Morgan fingerprint density at radius 1 is 1.07 bits per heavy atom. The molecule has 0 amide bonds. The van der Waals surface area contributed by atoms with Gasteiger partial charge >= 0.3 is 5.97 Å². The zero-order valence-electron chi connectivity index (χ0n) is 10.6. The standard InChI is InChI=1S/C13H24O2/c1-8(2)11-6-10(13(14)15-5)7-12(11)9(3)4/h8-12H,6-7H2,1-5H3/t10-,11-,12+. The van der Waals surface area contributed by atoms with Gasteiger partial charge in [-0.25, -0.2) is 0 Å². The van der Waals surface area contributed by atoms with Crippen LogP contribution in [0, 0.1) is 29.6 Å². The molecule has 1 aliphatic carbocycles. The van der Waals surface area contributed by atoms with Crippen LogP contribution < -0.4 is 0 Å². The summed E-state index contributed by atoms with van der Waals surface area (Å²) in [6, 6.07) is 0. The van der Waals surface area contributed by atoms with Gasteiger partial charge in [0.1, 0.15) is 0 Å². The molecule has 1 fully saturated rings. The third-order valence-electron chi connectivity index (χ3n) is 3.91. The fourth-order valence-electron chi connectivity index (χ4n) is 3.00. The molecule has 0 bridgehead atoms. The Kier molecular flexibility index (Phi) is 4.18. The highest BCUT2D eigenvalue weighted by Gasteiger charge is 2.40. The second-order valence-corrected chi connectivity index (χ2v) is 5.51. The first-order valence-electron chi connectivity index (χ1n) is 6.05. The molecular weight excluding hydrogens is 188 g/mol. The molecule has 0 aliphatic heterocycles. The summed E-state index contributed by atoms with van der Waals surface area (Å²) in [7, 11) is 1.50. The van der Waals surface area contributed by atoms with Crippen molar-refractivity contribution in [3.05, 3.63) is 0 Å². The van der Waals surface area contributed by atoms with Crippen LogP contribution in [0.25, 0.3) is 0 Å². The van der Waals surface area contributed by atoms with Crippen LogP contribution in [0.2, 0.25) is 0 Å². The topological polar surface area (TPSA) is 26.3 Å². The first-order chi connectivity index (χ1) is 6.97. The zero-order valence-corrected chi connectivity index (χ0v) is 10.6. The van der Waals surface area contributed by atoms with Crippen molar-refractivity contribution in [3.63, 3.8) is 0 Å². The van der Waals surface area contributed by atoms with E-state index in [1.54, 1.807) is 0 Å². The Morgan fingerprint density at radius 3 is 1.73 bits per heavy atom. The number of esters is 1. The van der Waals surface area contributed by atoms with Gasteiger partial charge in [-0.15, -0.1) is 0 Å². The first-order valence-corrected chi connectivity index (χ1v) is 6.05. The second-order valence-electron chi connectivity index (χ2n) is 5.51. The molecule has 0 radical (unpaired) electrons. The quantitative estimate of drug-likeness (QED) is 0.672. The van der Waals surface area contributed by atoms with Crippen molar-refractivity contribution >= 4 is 5.97 Å². The van der Waals surface area contributed by atoms with Gasteiger partial charge in [0.15, 0.2) is 0 Å². The van der Waals surface area contributed by atoms with E-state index >= 15 is 0 Å². The summed E-state index contributed by atoms with van der Waals surface area (Å²) in [4.78, 5) is 11.5. The van der Waals surface area contributed by atoms with Crippen molar-refractivity contribution in [1.82, 2.24) is 0 Å². The van der Waals surface area contributed by atoms with Crippen LogP contribution in [-0.2, 0) is 9.53 Å². The maximum Gasteiger partial charge on any atom is 0.308 e. The Labute approximate surface area is 93.4 Å². The summed E-state index contributed by atoms with van der Waals surface area (Å²) in [6.07, 6.45) is 2.04. The Hall–Kier alpha value is -0.530. The normalized spacial score (nSPS) is 31.3. The number of rotatable bonds is 3. The van der Waals surface area contributed by atoms with Gasteiger partial charge in [0.25, 0.3) is 0 Å². The average Bonchev–Trinajstić information content (AvgIpc) is 2.61. The number of ether oxygens (including phenoxy) is 1. The van der Waals surface area contributed by atoms with Gasteiger partial charge in [-0.2, -0.15) is 0 Å². The molecule has 1 aliphatic rings. The summed E-state index contributed by atoms with van der Waals surface area (Å²) in [6.45, 7) is 9.05. The monoisotopic (exact) mass is 212 g/mol. The number of hydrogen-bond acceptors (Lipinski definition) is 2. The lowest BCUT2D eigenvalue weighted by Gasteiger charge is -2.25. The van der Waals surface area contributed by atoms with E-state index in [0.29, 0.717) is 23.7 Å². The highest BCUT2D eigenvalue weighted by Crippen LogP contribution is 2.44. The van der Waals surface area contributed by atoms with Crippen molar-refractivity contribution in [2.45, 2.75) is 40.5 Å². The van der Waals surface area contributed by atoms with Crippen molar-refractivity contribution in [3.8, 4) is 0 Å². The largest absolute Gasteiger partial charge is 0.469 e. The first kappa shape index (κ1) is 12.5. The minimum Gasteiger partial charge on any atom is -0.469 e. The van der Waals surface area contributed by atoms with Gasteiger partial charge in [-0.3, -0.25) is 4.79 Å². The van der Waals surface area contributed by atoms with Crippen LogP contribution in [0.15, 0.2) is 0 Å². The SMILES string of the molecule is COC(=O)[C@@H]1C[C@H](C(C)C)[C@H](C(C)C)C1. The van der Waals surface area contributed by atoms with Crippen molar-refractivity contribution in [2.24, 2.45) is 29.6 Å². The maximum absolute atomic E-state index is 11.5. The Balaban J connectivity index is 2.69. The van der Waals surface area contributed by atoms with E-state index in [1.165, 1.54) is 7.11 Å². The predicted octanol–water partition coefficient (Wildman–Crippen LogP) is 3.11. The Bertz CT molecular complexity index is 205. The fourth-order valence-corrected chi connectivity index (χ4v) is 3.00. The molecule has 0 N–H and O–H groups in total. The molecule has 1 saturated carbocycles. The lowest BCUT2D eigenvalue weighted by Crippen LogP contribution is -2.18. The lowest BCUT2D eigenvalue weighted by molar-refractivity contribution is -0.145. The molecule has 1 rings (SSSR count). The van der Waals surface area contributed by atoms with E-state index in [1.807, 2.05) is 0 Å². The van der Waals surface area contributed by atoms with Crippen LogP contribution in [0.5, 0.6) is 0 Å². The van der Waals surface area contributed by atoms with Crippen molar-refractivity contribution < 1.29 is 9.53 Å². The van der Waals surface area contributed by atoms with E-state index in [4.69, 9.17) is 4.74 Å². The molecular formula is C13H24O2. The highest BCUT2D eigenvalue weighted by molar-refractivity contribution is 5.72. The number of hydrogen-bond donors (Lipinski definition) is 0. The van der Waals surface area contributed by atoms with Crippen LogP contribution in [-0.4, -0.2) is 13.1 Å². The number of methoxy groups -OCH3 is 1. The third kappa shape index (κ3) is 2.73. The average molecular weight is 212 g/mol. The molecule has 2 nitrogen and oxygen atoms in total. The molecule has 0 spiro atoms. The fraction of sp³-hybridized carbons (Fsp3) is 0.923. The summed E-state index contributed by atoms with van der Waals surface area (Å²) < 4.78 is 4.85. The third-order valence-corrected chi connectivity index (χ3v) is 3.91. The van der Waals surface area contributed by atoms with Crippen molar-refractivity contribution in [2.75, 3.05) is 7.11 Å². The van der Waals surface area contributed by atoms with Crippen LogP contribution in [0.4, 0.5) is 0 Å². The minimum atomic E-state index is -0.0104. The summed E-state index contributed by atoms with van der Waals surface area (Å²) in [5.41, 5.74) is 0. The molecule has 2 heteroatoms. The predicted molar refractivity (Wildman–Crippen MR) is 61.4 cm³/mol. The van der Waals surface area contributed by atoms with Gasteiger partial charge < -0.3 is 4.74 Å². The molecule has 3 atom stereocenters. The maximum atomic E-state index is 11.5. The number of carbonyl (C=O) groups is 1. The van der Waals surface area contributed by atoms with E-state index in [9.17, 15) is 4.79 Å². The van der Waals surface area contributed by atoms with Gasteiger partial charge in [0, 0.05) is 0 Å². The van der Waals surface area contributed by atoms with Gasteiger partial charge in [0.05, 0.1) is 13.0 Å². The summed E-state index contributed by atoms with van der Waals surface area (Å²) in [5.74, 6) is 2.86. The molecule has 0 aromatic rings. The van der Waals surface area contributed by atoms with Crippen LogP contribution >= 0.6 is 0 Å². The van der Waals surface area contributed by atoms with E-state index < -0.39 is 0 Å². The van der Waals surface area contributed by atoms with E-state index in [-0.39, 0.29) is 11.9 Å². The summed E-state index contributed by atoms with van der Waals surface area (Å²) >= 11 is 0. The van der Waals surface area contributed by atoms with E-state index in [0.717, 1.165) is 12.8 Å². The van der Waals surface area contributed by atoms with E-state index in [2.05, 4.69) is 27.7 Å². The summed E-state index contributed by atoms with van der Waals surface area (Å²) in [5, 5.41) is 0. The zero-order chi connectivity index (χ0) is 11.6. The molecule has 15 heavy (non-hydrogen) atoms. The van der Waals surface area contributed by atoms with Gasteiger partial charge in [-0.1, -0.05) is 27.7 Å². The molecule has 88 valence electrons. The number of carbonyl (C=O) groups excluding carboxylic acids is 1. The smallest absolute Gasteiger partial charge is 0.308 e. The van der Waals surface area contributed by atoms with Crippen molar-refractivity contribution in [1.29, 1.82) is 0 Å². The Morgan fingerprint density at radius 2 is 1.47 bits per heavy atom. The second kappa shape index (κ2) is 5.00.